The predicted molar refractivity (Wildman–Crippen MR) is 67.4 cm³/mol. The van der Waals surface area contributed by atoms with Gasteiger partial charge in [-0.2, -0.15) is 23.3 Å². The van der Waals surface area contributed by atoms with Gasteiger partial charge in [0, 0.05) is 18.5 Å². The average Bonchev–Trinajstić information content (AvgIpc) is 2.81. The van der Waals surface area contributed by atoms with Crippen LogP contribution in [0.5, 0.6) is 0 Å². The average molecular weight is 289 g/mol. The highest BCUT2D eigenvalue weighted by Crippen LogP contribution is 2.38. The van der Waals surface area contributed by atoms with Crippen LogP contribution in [0.25, 0.3) is 0 Å². The number of nitrogens with one attached hydrogen (secondary N) is 1. The Bertz CT molecular complexity index is 476. The molecule has 112 valence electrons. The summed E-state index contributed by atoms with van der Waals surface area (Å²) in [5.74, 6) is 0.891. The highest BCUT2D eigenvalue weighted by atomic mass is 19.4. The van der Waals surface area contributed by atoms with Gasteiger partial charge in [-0.1, -0.05) is 0 Å². The smallest absolute Gasteiger partial charge is 0.354 e. The predicted octanol–water partition coefficient (Wildman–Crippen LogP) is 2.18. The van der Waals surface area contributed by atoms with Crippen molar-refractivity contribution >= 4 is 5.95 Å². The van der Waals surface area contributed by atoms with E-state index in [4.69, 9.17) is 5.73 Å². The van der Waals surface area contributed by atoms with Crippen LogP contribution in [0.3, 0.4) is 0 Å². The van der Waals surface area contributed by atoms with E-state index in [2.05, 4.69) is 15.4 Å². The van der Waals surface area contributed by atoms with Crippen LogP contribution in [0, 0.1) is 0 Å². The Hall–Kier alpha value is -1.31. The molecular weight excluding hydrogens is 271 g/mol. The maximum absolute atomic E-state index is 13.0. The molecule has 3 rings (SSSR count). The van der Waals surface area contributed by atoms with Crippen LogP contribution in [-0.4, -0.2) is 33.5 Å². The van der Waals surface area contributed by atoms with E-state index in [0.717, 1.165) is 30.4 Å². The molecule has 1 aromatic rings. The van der Waals surface area contributed by atoms with Crippen molar-refractivity contribution in [2.45, 2.75) is 56.3 Å². The van der Waals surface area contributed by atoms with E-state index in [1.165, 1.54) is 0 Å². The van der Waals surface area contributed by atoms with Crippen molar-refractivity contribution in [3.05, 3.63) is 5.82 Å². The van der Waals surface area contributed by atoms with Crippen molar-refractivity contribution in [3.8, 4) is 0 Å². The van der Waals surface area contributed by atoms with Gasteiger partial charge in [0.15, 0.2) is 11.9 Å². The van der Waals surface area contributed by atoms with Crippen molar-refractivity contribution in [2.75, 3.05) is 11.9 Å². The highest BCUT2D eigenvalue weighted by Gasteiger charge is 2.44. The molecule has 8 heteroatoms. The molecule has 0 radical (unpaired) electrons. The molecule has 3 N–H and O–H groups in total. The first-order chi connectivity index (χ1) is 9.45. The quantitative estimate of drug-likeness (QED) is 0.831. The van der Waals surface area contributed by atoms with Crippen LogP contribution in [0.2, 0.25) is 0 Å². The van der Waals surface area contributed by atoms with Crippen LogP contribution in [0.4, 0.5) is 19.1 Å². The molecule has 1 saturated carbocycles. The monoisotopic (exact) mass is 289 g/mol. The van der Waals surface area contributed by atoms with Crippen molar-refractivity contribution in [2.24, 2.45) is 5.73 Å². The van der Waals surface area contributed by atoms with E-state index in [1.54, 1.807) is 0 Å². The zero-order chi connectivity index (χ0) is 14.3. The van der Waals surface area contributed by atoms with E-state index in [9.17, 15) is 13.2 Å². The normalized spacial score (nSPS) is 30.7. The minimum atomic E-state index is -4.28. The van der Waals surface area contributed by atoms with Crippen LogP contribution in [-0.2, 0) is 0 Å². The van der Waals surface area contributed by atoms with Gasteiger partial charge in [-0.3, -0.25) is 0 Å². The lowest BCUT2D eigenvalue weighted by atomic mass is 9.86. The first kappa shape index (κ1) is 13.7. The van der Waals surface area contributed by atoms with Gasteiger partial charge in [-0.05, 0) is 32.1 Å². The zero-order valence-electron chi connectivity index (χ0n) is 11.0. The van der Waals surface area contributed by atoms with Crippen molar-refractivity contribution in [1.82, 2.24) is 14.8 Å². The molecule has 0 aromatic carbocycles. The maximum atomic E-state index is 13.0. The second-order valence-corrected chi connectivity index (χ2v) is 5.62. The number of nitrogens with two attached hydrogens (primary N) is 1. The molecule has 2 heterocycles. The Morgan fingerprint density at radius 2 is 1.85 bits per heavy atom. The molecule has 1 aliphatic carbocycles. The number of anilines is 1. The van der Waals surface area contributed by atoms with Crippen molar-refractivity contribution < 1.29 is 13.2 Å². The van der Waals surface area contributed by atoms with Gasteiger partial charge in [-0.25, -0.2) is 4.68 Å². The zero-order valence-corrected chi connectivity index (χ0v) is 11.0. The number of fused-ring (bicyclic) bond motifs is 1. The fraction of sp³-hybridized carbons (Fsp3) is 0.833. The summed E-state index contributed by atoms with van der Waals surface area (Å²) in [6, 6.07) is -1.37. The molecule has 0 bridgehead atoms. The third kappa shape index (κ3) is 2.48. The van der Waals surface area contributed by atoms with Gasteiger partial charge in [0.1, 0.15) is 0 Å². The summed E-state index contributed by atoms with van der Waals surface area (Å²) in [6.45, 7) is 0.276. The summed E-state index contributed by atoms with van der Waals surface area (Å²) in [7, 11) is 0. The third-order valence-corrected chi connectivity index (χ3v) is 4.16. The lowest BCUT2D eigenvalue weighted by Crippen LogP contribution is -2.34. The highest BCUT2D eigenvalue weighted by molar-refractivity contribution is 5.29. The van der Waals surface area contributed by atoms with E-state index in [-0.39, 0.29) is 30.9 Å². The molecule has 1 atom stereocenters. The number of rotatable bonds is 1. The van der Waals surface area contributed by atoms with E-state index >= 15 is 0 Å². The fourth-order valence-corrected chi connectivity index (χ4v) is 2.97. The number of alkyl halides is 3. The van der Waals surface area contributed by atoms with Crippen LogP contribution in [0.1, 0.15) is 49.9 Å². The molecule has 1 unspecified atom stereocenters. The Labute approximate surface area is 114 Å². The Kier molecular flexibility index (Phi) is 3.35. The number of hydrogen-bond donors (Lipinski definition) is 2. The number of halogens is 3. The number of aromatic nitrogens is 3. The van der Waals surface area contributed by atoms with Gasteiger partial charge >= 0.3 is 6.18 Å². The lowest BCUT2D eigenvalue weighted by Gasteiger charge is -2.26. The topological polar surface area (TPSA) is 68.8 Å². The van der Waals surface area contributed by atoms with E-state index in [0.29, 0.717) is 5.82 Å². The van der Waals surface area contributed by atoms with Gasteiger partial charge in [0.25, 0.3) is 0 Å². The van der Waals surface area contributed by atoms with Crippen LogP contribution < -0.4 is 11.1 Å². The molecule has 1 fully saturated rings. The van der Waals surface area contributed by atoms with Crippen LogP contribution >= 0.6 is 0 Å². The summed E-state index contributed by atoms with van der Waals surface area (Å²) >= 11 is 0. The Balaban J connectivity index is 1.84. The first-order valence-electron chi connectivity index (χ1n) is 6.98. The summed E-state index contributed by atoms with van der Waals surface area (Å²) < 4.78 is 40.0. The first-order valence-corrected chi connectivity index (χ1v) is 6.98. The van der Waals surface area contributed by atoms with E-state index < -0.39 is 12.2 Å². The van der Waals surface area contributed by atoms with Gasteiger partial charge in [0.05, 0.1) is 0 Å². The number of nitrogens with zero attached hydrogens (tertiary/aromatic N) is 3. The molecule has 1 aliphatic heterocycles. The second-order valence-electron chi connectivity index (χ2n) is 5.62. The SMILES string of the molecule is NC1CCC(c2nc3n(n2)C(C(F)(F)F)CCN3)CC1. The van der Waals surface area contributed by atoms with E-state index in [1.807, 2.05) is 0 Å². The third-order valence-electron chi connectivity index (χ3n) is 4.16. The van der Waals surface area contributed by atoms with Crippen molar-refractivity contribution in [1.29, 1.82) is 0 Å². The molecule has 0 amide bonds. The standard InChI is InChI=1S/C12H18F3N5/c13-12(14,15)9-5-6-17-11-18-10(19-20(9)11)7-1-3-8(16)4-2-7/h7-9H,1-6,16H2,(H,17,18,19). The molecule has 0 spiro atoms. The Morgan fingerprint density at radius 3 is 2.50 bits per heavy atom. The minimum Gasteiger partial charge on any atom is -0.354 e. The fourth-order valence-electron chi connectivity index (χ4n) is 2.97. The molecule has 0 saturated heterocycles. The molecule has 20 heavy (non-hydrogen) atoms. The Morgan fingerprint density at radius 1 is 1.15 bits per heavy atom. The van der Waals surface area contributed by atoms with Gasteiger partial charge in [-0.15, -0.1) is 0 Å². The van der Waals surface area contributed by atoms with Gasteiger partial charge in [0.2, 0.25) is 5.95 Å². The largest absolute Gasteiger partial charge is 0.411 e. The van der Waals surface area contributed by atoms with Crippen LogP contribution in [0.15, 0.2) is 0 Å². The van der Waals surface area contributed by atoms with Crippen molar-refractivity contribution in [3.63, 3.8) is 0 Å². The summed E-state index contributed by atoms with van der Waals surface area (Å²) in [5, 5.41) is 7.03. The summed E-state index contributed by atoms with van der Waals surface area (Å²) in [4.78, 5) is 4.26. The molecule has 1 aromatic heterocycles. The maximum Gasteiger partial charge on any atom is 0.411 e. The number of hydrogen-bond acceptors (Lipinski definition) is 4. The second kappa shape index (κ2) is 4.91. The minimum absolute atomic E-state index is 0.00512. The molecule has 2 aliphatic rings. The van der Waals surface area contributed by atoms with Gasteiger partial charge < -0.3 is 11.1 Å². The molecule has 5 nitrogen and oxygen atoms in total. The molecular formula is C12H18F3N5. The lowest BCUT2D eigenvalue weighted by molar-refractivity contribution is -0.172. The summed E-state index contributed by atoms with van der Waals surface area (Å²) in [5.41, 5.74) is 5.84. The summed E-state index contributed by atoms with van der Waals surface area (Å²) in [6.07, 6.45) is -0.830.